The van der Waals surface area contributed by atoms with Gasteiger partial charge in [-0.05, 0) is 55.2 Å². The lowest BCUT2D eigenvalue weighted by Crippen LogP contribution is -2.49. The van der Waals surface area contributed by atoms with Gasteiger partial charge in [0, 0.05) is 50.8 Å². The fourth-order valence-corrected chi connectivity index (χ4v) is 4.20. The number of ether oxygens (including phenoxy) is 1. The molecule has 13 heteroatoms. The molecule has 5 rings (SSSR count). The van der Waals surface area contributed by atoms with Gasteiger partial charge in [0.2, 0.25) is 5.82 Å². The maximum absolute atomic E-state index is 13.4. The Morgan fingerprint density at radius 1 is 1.00 bits per heavy atom. The zero-order valence-electron chi connectivity index (χ0n) is 20.3. The number of amides is 3. The van der Waals surface area contributed by atoms with E-state index in [-0.39, 0.29) is 23.2 Å². The van der Waals surface area contributed by atoms with Gasteiger partial charge in [-0.25, -0.2) is 14.8 Å². The average molecular weight is 530 g/mol. The summed E-state index contributed by atoms with van der Waals surface area (Å²) in [6.07, 6.45) is 0.726. The van der Waals surface area contributed by atoms with Crippen LogP contribution in [0.1, 0.15) is 23.5 Å². The lowest BCUT2D eigenvalue weighted by Gasteiger charge is -2.35. The van der Waals surface area contributed by atoms with Crippen molar-refractivity contribution in [2.45, 2.75) is 25.7 Å². The minimum atomic E-state index is -4.80. The number of piperazine rings is 1. The summed E-state index contributed by atoms with van der Waals surface area (Å²) in [5.74, 6) is 1.19. The molecule has 0 spiro atoms. The lowest BCUT2D eigenvalue weighted by molar-refractivity contribution is -0.274. The molecule has 0 radical (unpaired) electrons. The zero-order chi connectivity index (χ0) is 26.7. The third-order valence-electron chi connectivity index (χ3n) is 6.25. The number of hydrogen-bond acceptors (Lipinski definition) is 6. The predicted octanol–water partition coefficient (Wildman–Crippen LogP) is 4.19. The van der Waals surface area contributed by atoms with Crippen LogP contribution in [-0.4, -0.2) is 63.9 Å². The zero-order valence-corrected chi connectivity index (χ0v) is 20.3. The molecule has 3 aromatic rings. The first-order chi connectivity index (χ1) is 18.2. The summed E-state index contributed by atoms with van der Waals surface area (Å²) in [6, 6.07) is 9.84. The molecular formula is C25H26F3N7O3. The number of hydrogen-bond donors (Lipinski definition) is 2. The Labute approximate surface area is 216 Å². The third-order valence-corrected chi connectivity index (χ3v) is 6.25. The van der Waals surface area contributed by atoms with Crippen LogP contribution in [0.4, 0.5) is 35.3 Å². The van der Waals surface area contributed by atoms with Crippen LogP contribution in [0.2, 0.25) is 0 Å². The van der Waals surface area contributed by atoms with Crippen molar-refractivity contribution < 1.29 is 27.5 Å². The number of benzene rings is 1. The molecule has 2 N–H and O–H groups in total. The van der Waals surface area contributed by atoms with Gasteiger partial charge in [-0.3, -0.25) is 10.1 Å². The van der Waals surface area contributed by atoms with Crippen molar-refractivity contribution in [3.8, 4) is 5.75 Å². The van der Waals surface area contributed by atoms with Crippen molar-refractivity contribution in [3.63, 3.8) is 0 Å². The Morgan fingerprint density at radius 2 is 1.74 bits per heavy atom. The van der Waals surface area contributed by atoms with Gasteiger partial charge in [-0.2, -0.15) is 0 Å². The van der Waals surface area contributed by atoms with Crippen LogP contribution in [-0.2, 0) is 6.54 Å². The third kappa shape index (κ3) is 6.52. The van der Waals surface area contributed by atoms with E-state index in [1.807, 2.05) is 18.2 Å². The molecule has 200 valence electrons. The molecule has 1 saturated carbocycles. The van der Waals surface area contributed by atoms with Crippen molar-refractivity contribution in [1.82, 2.24) is 19.4 Å². The second-order valence-electron chi connectivity index (χ2n) is 9.16. The van der Waals surface area contributed by atoms with E-state index in [1.54, 1.807) is 21.9 Å². The Kier molecular flexibility index (Phi) is 7.07. The van der Waals surface area contributed by atoms with E-state index in [2.05, 4.69) is 30.2 Å². The smallest absolute Gasteiger partial charge is 0.406 e. The Hall–Kier alpha value is -4.29. The number of anilines is 3. The van der Waals surface area contributed by atoms with E-state index < -0.39 is 18.1 Å². The molecule has 38 heavy (non-hydrogen) atoms. The first kappa shape index (κ1) is 25.4. The summed E-state index contributed by atoms with van der Waals surface area (Å²) in [6.45, 7) is 2.96. The van der Waals surface area contributed by atoms with Gasteiger partial charge < -0.3 is 24.4 Å². The molecule has 0 atom stereocenters. The number of alkyl halides is 3. The summed E-state index contributed by atoms with van der Waals surface area (Å²) < 4.78 is 42.6. The van der Waals surface area contributed by atoms with E-state index >= 15 is 0 Å². The maximum Gasteiger partial charge on any atom is 0.573 e. The topological polar surface area (TPSA) is 105 Å². The fraction of sp³-hybridized carbons (Fsp3) is 0.360. The molecule has 3 amide bonds. The number of nitrogens with one attached hydrogen (secondary N) is 2. The van der Waals surface area contributed by atoms with Gasteiger partial charge in [0.05, 0.1) is 0 Å². The van der Waals surface area contributed by atoms with Crippen molar-refractivity contribution >= 4 is 29.3 Å². The fourth-order valence-electron chi connectivity index (χ4n) is 4.20. The maximum atomic E-state index is 13.4. The molecule has 1 aliphatic heterocycles. The quantitative estimate of drug-likeness (QED) is 0.476. The van der Waals surface area contributed by atoms with E-state index in [4.69, 9.17) is 0 Å². The molecule has 1 saturated heterocycles. The molecule has 1 aliphatic carbocycles. The van der Waals surface area contributed by atoms with Gasteiger partial charge in [-0.15, -0.1) is 13.2 Å². The Bertz CT molecular complexity index is 1270. The van der Waals surface area contributed by atoms with Crippen molar-refractivity contribution in [2.75, 3.05) is 41.7 Å². The first-order valence-corrected chi connectivity index (χ1v) is 12.2. The SMILES string of the molecule is O=C(Nc1ccc(OC(F)(F)F)cc1)Nc1cn(CC2CC2)c(C(=O)N2CCN(c3ccccn3)CC2)n1. The number of imidazole rings is 1. The monoisotopic (exact) mass is 529 g/mol. The molecule has 0 bridgehead atoms. The number of carbonyl (C=O) groups is 2. The molecule has 10 nitrogen and oxygen atoms in total. The minimum absolute atomic E-state index is 0.204. The van der Waals surface area contributed by atoms with Crippen LogP contribution in [0.15, 0.2) is 54.9 Å². The summed E-state index contributed by atoms with van der Waals surface area (Å²) in [7, 11) is 0. The van der Waals surface area contributed by atoms with Gasteiger partial charge in [-0.1, -0.05) is 6.07 Å². The molecule has 2 aromatic heterocycles. The van der Waals surface area contributed by atoms with E-state index in [9.17, 15) is 22.8 Å². The van der Waals surface area contributed by atoms with Crippen molar-refractivity contribution in [2.24, 2.45) is 5.92 Å². The molecule has 2 fully saturated rings. The molecule has 0 unspecified atom stereocenters. The first-order valence-electron chi connectivity index (χ1n) is 12.2. The highest BCUT2D eigenvalue weighted by Crippen LogP contribution is 2.31. The number of carbonyl (C=O) groups excluding carboxylic acids is 2. The normalized spacial score (nSPS) is 15.8. The van der Waals surface area contributed by atoms with Crippen LogP contribution in [0.25, 0.3) is 0 Å². The van der Waals surface area contributed by atoms with Gasteiger partial charge >= 0.3 is 12.4 Å². The van der Waals surface area contributed by atoms with Crippen LogP contribution >= 0.6 is 0 Å². The molecular weight excluding hydrogens is 503 g/mol. The van der Waals surface area contributed by atoms with Crippen LogP contribution in [0.5, 0.6) is 5.75 Å². The van der Waals surface area contributed by atoms with E-state index in [0.717, 1.165) is 30.8 Å². The highest BCUT2D eigenvalue weighted by atomic mass is 19.4. The second-order valence-corrected chi connectivity index (χ2v) is 9.16. The number of aromatic nitrogens is 3. The predicted molar refractivity (Wildman–Crippen MR) is 133 cm³/mol. The molecule has 1 aromatic carbocycles. The average Bonchev–Trinajstić information content (AvgIpc) is 3.63. The van der Waals surface area contributed by atoms with Crippen LogP contribution in [0.3, 0.4) is 0 Å². The highest BCUT2D eigenvalue weighted by Gasteiger charge is 2.31. The van der Waals surface area contributed by atoms with Crippen LogP contribution in [0, 0.1) is 5.92 Å². The van der Waals surface area contributed by atoms with Gasteiger partial charge in [0.25, 0.3) is 5.91 Å². The van der Waals surface area contributed by atoms with Gasteiger partial charge in [0.15, 0.2) is 5.82 Å². The standard InChI is InChI=1S/C25H26F3N7O3/c26-25(27,28)38-19-8-6-18(7-9-19)30-24(37)32-20-16-35(15-17-4-5-17)22(31-20)23(36)34-13-11-33(12-14-34)21-3-1-2-10-29-21/h1-3,6-10,16-17H,4-5,11-15H2,(H2,30,32,37). The van der Waals surface area contributed by atoms with Crippen LogP contribution < -0.4 is 20.3 Å². The van der Waals surface area contributed by atoms with Gasteiger partial charge in [0.1, 0.15) is 11.6 Å². The lowest BCUT2D eigenvalue weighted by atomic mass is 10.3. The summed E-state index contributed by atoms with van der Waals surface area (Å²) >= 11 is 0. The Balaban J connectivity index is 1.22. The summed E-state index contributed by atoms with van der Waals surface area (Å²) in [5.41, 5.74) is 0.261. The summed E-state index contributed by atoms with van der Waals surface area (Å²) in [5, 5.41) is 5.14. The number of nitrogens with zero attached hydrogens (tertiary/aromatic N) is 5. The molecule has 3 heterocycles. The van der Waals surface area contributed by atoms with E-state index in [1.165, 1.54) is 12.1 Å². The number of rotatable bonds is 7. The number of halogens is 3. The highest BCUT2D eigenvalue weighted by molar-refractivity contribution is 6.00. The largest absolute Gasteiger partial charge is 0.573 e. The second kappa shape index (κ2) is 10.6. The number of pyridine rings is 1. The van der Waals surface area contributed by atoms with Crippen molar-refractivity contribution in [1.29, 1.82) is 0 Å². The minimum Gasteiger partial charge on any atom is -0.406 e. The van der Waals surface area contributed by atoms with Crippen molar-refractivity contribution in [3.05, 3.63) is 60.7 Å². The Morgan fingerprint density at radius 3 is 2.37 bits per heavy atom. The molecule has 2 aliphatic rings. The summed E-state index contributed by atoms with van der Waals surface area (Å²) in [4.78, 5) is 38.5. The number of urea groups is 1. The van der Waals surface area contributed by atoms with E-state index in [0.29, 0.717) is 38.6 Å².